The molecular weight excluding hydrogens is 400 g/mol. The van der Waals surface area contributed by atoms with E-state index in [-0.39, 0.29) is 11.9 Å². The highest BCUT2D eigenvalue weighted by atomic mass is 16.2. The van der Waals surface area contributed by atoms with Gasteiger partial charge in [0.1, 0.15) is 0 Å². The lowest BCUT2D eigenvalue weighted by Gasteiger charge is -2.36. The van der Waals surface area contributed by atoms with Crippen LogP contribution in [0, 0.1) is 13.8 Å². The molecule has 1 aliphatic rings. The van der Waals surface area contributed by atoms with Crippen LogP contribution in [-0.2, 0) is 0 Å². The van der Waals surface area contributed by atoms with E-state index < -0.39 is 0 Å². The predicted molar refractivity (Wildman–Crippen MR) is 130 cm³/mol. The van der Waals surface area contributed by atoms with Crippen molar-refractivity contribution in [1.82, 2.24) is 4.90 Å². The van der Waals surface area contributed by atoms with Gasteiger partial charge in [-0.3, -0.25) is 4.79 Å². The quantitative estimate of drug-likeness (QED) is 0.621. The number of piperazine rings is 1. The lowest BCUT2D eigenvalue weighted by Crippen LogP contribution is -2.48. The van der Waals surface area contributed by atoms with Gasteiger partial charge in [-0.2, -0.15) is 0 Å². The van der Waals surface area contributed by atoms with Gasteiger partial charge in [-0.1, -0.05) is 30.3 Å². The summed E-state index contributed by atoms with van der Waals surface area (Å²) in [6.07, 6.45) is 0. The number of hydrogen-bond donors (Lipinski definition) is 2. The molecule has 164 valence electrons. The van der Waals surface area contributed by atoms with E-state index in [9.17, 15) is 9.59 Å². The van der Waals surface area contributed by atoms with Crippen molar-refractivity contribution in [2.45, 2.75) is 13.8 Å². The molecule has 6 nitrogen and oxygen atoms in total. The van der Waals surface area contributed by atoms with Crippen molar-refractivity contribution in [3.05, 3.63) is 89.5 Å². The monoisotopic (exact) mass is 428 g/mol. The highest BCUT2D eigenvalue weighted by Gasteiger charge is 2.22. The first-order valence-electron chi connectivity index (χ1n) is 10.8. The van der Waals surface area contributed by atoms with Crippen molar-refractivity contribution in [2.75, 3.05) is 41.7 Å². The number of urea groups is 1. The summed E-state index contributed by atoms with van der Waals surface area (Å²) in [7, 11) is 0. The number of benzene rings is 3. The summed E-state index contributed by atoms with van der Waals surface area (Å²) >= 11 is 0. The number of hydrogen-bond acceptors (Lipinski definition) is 3. The summed E-state index contributed by atoms with van der Waals surface area (Å²) in [5, 5.41) is 5.79. The van der Waals surface area contributed by atoms with E-state index in [2.05, 4.69) is 15.5 Å². The second kappa shape index (κ2) is 9.56. The first-order valence-corrected chi connectivity index (χ1v) is 10.8. The van der Waals surface area contributed by atoms with Crippen LogP contribution >= 0.6 is 0 Å². The van der Waals surface area contributed by atoms with Crippen LogP contribution in [0.15, 0.2) is 72.8 Å². The van der Waals surface area contributed by atoms with Gasteiger partial charge < -0.3 is 20.4 Å². The Morgan fingerprint density at radius 2 is 1.44 bits per heavy atom. The van der Waals surface area contributed by atoms with E-state index >= 15 is 0 Å². The van der Waals surface area contributed by atoms with Gasteiger partial charge in [-0.25, -0.2) is 4.79 Å². The van der Waals surface area contributed by atoms with Gasteiger partial charge in [0.2, 0.25) is 0 Å². The lowest BCUT2D eigenvalue weighted by molar-refractivity contribution is 0.0747. The van der Waals surface area contributed by atoms with Crippen LogP contribution in [-0.4, -0.2) is 43.0 Å². The Morgan fingerprint density at radius 1 is 0.750 bits per heavy atom. The number of nitrogens with zero attached hydrogens (tertiary/aromatic N) is 2. The van der Waals surface area contributed by atoms with Gasteiger partial charge in [0, 0.05) is 48.8 Å². The zero-order valence-corrected chi connectivity index (χ0v) is 18.5. The van der Waals surface area contributed by atoms with Crippen LogP contribution in [0.5, 0.6) is 0 Å². The average molecular weight is 429 g/mol. The maximum Gasteiger partial charge on any atom is 0.323 e. The van der Waals surface area contributed by atoms with E-state index in [4.69, 9.17) is 0 Å². The summed E-state index contributed by atoms with van der Waals surface area (Å²) in [6.45, 7) is 6.94. The zero-order chi connectivity index (χ0) is 22.5. The first kappa shape index (κ1) is 21.4. The van der Waals surface area contributed by atoms with Crippen LogP contribution in [0.25, 0.3) is 0 Å². The van der Waals surface area contributed by atoms with Gasteiger partial charge in [0.05, 0.1) is 0 Å². The summed E-state index contributed by atoms with van der Waals surface area (Å²) < 4.78 is 0. The van der Waals surface area contributed by atoms with E-state index in [1.807, 2.05) is 91.5 Å². The van der Waals surface area contributed by atoms with Crippen molar-refractivity contribution in [2.24, 2.45) is 0 Å². The summed E-state index contributed by atoms with van der Waals surface area (Å²) in [5.74, 6) is 0.0830. The number of nitrogens with one attached hydrogen (secondary N) is 2. The second-order valence-electron chi connectivity index (χ2n) is 8.02. The van der Waals surface area contributed by atoms with Gasteiger partial charge in [-0.05, 0) is 67.4 Å². The van der Waals surface area contributed by atoms with E-state index in [0.29, 0.717) is 13.1 Å². The Labute approximate surface area is 188 Å². The molecule has 1 saturated heterocycles. The smallest absolute Gasteiger partial charge is 0.323 e. The molecule has 0 atom stereocenters. The molecule has 1 aliphatic heterocycles. The predicted octanol–water partition coefficient (Wildman–Crippen LogP) is 4.91. The molecule has 0 saturated carbocycles. The number of carbonyl (C=O) groups excluding carboxylic acids is 2. The number of anilines is 3. The van der Waals surface area contributed by atoms with Crippen LogP contribution in [0.3, 0.4) is 0 Å². The molecular formula is C26H28N4O2. The van der Waals surface area contributed by atoms with Gasteiger partial charge in [0.15, 0.2) is 0 Å². The molecule has 3 aromatic carbocycles. The molecule has 32 heavy (non-hydrogen) atoms. The average Bonchev–Trinajstić information content (AvgIpc) is 2.83. The fourth-order valence-electron chi connectivity index (χ4n) is 3.86. The van der Waals surface area contributed by atoms with Crippen molar-refractivity contribution in [3.8, 4) is 0 Å². The second-order valence-corrected chi connectivity index (χ2v) is 8.02. The Balaban J connectivity index is 1.31. The maximum absolute atomic E-state index is 12.6. The van der Waals surface area contributed by atoms with Crippen LogP contribution in [0.1, 0.15) is 21.5 Å². The molecule has 6 heteroatoms. The minimum atomic E-state index is -0.264. The van der Waals surface area contributed by atoms with Crippen molar-refractivity contribution in [1.29, 1.82) is 0 Å². The van der Waals surface area contributed by atoms with Crippen molar-refractivity contribution in [3.63, 3.8) is 0 Å². The Hall–Kier alpha value is -3.80. The zero-order valence-electron chi connectivity index (χ0n) is 18.5. The number of aryl methyl sites for hydroxylation is 1. The Kier molecular flexibility index (Phi) is 6.40. The van der Waals surface area contributed by atoms with Gasteiger partial charge in [0.25, 0.3) is 5.91 Å². The van der Waals surface area contributed by atoms with Crippen LogP contribution in [0.4, 0.5) is 21.9 Å². The fraction of sp³-hybridized carbons (Fsp3) is 0.231. The highest BCUT2D eigenvalue weighted by Crippen LogP contribution is 2.21. The van der Waals surface area contributed by atoms with E-state index in [0.717, 1.165) is 46.8 Å². The number of rotatable bonds is 4. The van der Waals surface area contributed by atoms with E-state index in [1.165, 1.54) is 0 Å². The standard InChI is InChI=1S/C26H28N4O2/c1-19-7-6-10-24(20(19)2)28-26(32)27-22-11-13-23(14-12-22)29-15-17-30(18-16-29)25(31)21-8-4-3-5-9-21/h3-14H,15-18H2,1-2H3,(H2,27,28,32). The molecule has 4 rings (SSSR count). The molecule has 3 aromatic rings. The highest BCUT2D eigenvalue weighted by molar-refractivity contribution is 6.00. The third kappa shape index (κ3) is 4.91. The number of carbonyl (C=O) groups is 2. The topological polar surface area (TPSA) is 64.7 Å². The Morgan fingerprint density at radius 3 is 2.12 bits per heavy atom. The summed E-state index contributed by atoms with van der Waals surface area (Å²) in [6, 6.07) is 22.8. The minimum Gasteiger partial charge on any atom is -0.368 e. The Bertz CT molecular complexity index is 1090. The molecule has 0 unspecified atom stereocenters. The largest absolute Gasteiger partial charge is 0.368 e. The van der Waals surface area contributed by atoms with Crippen LogP contribution in [0.2, 0.25) is 0 Å². The number of amides is 3. The van der Waals surface area contributed by atoms with Crippen LogP contribution < -0.4 is 15.5 Å². The molecule has 2 N–H and O–H groups in total. The SMILES string of the molecule is Cc1cccc(NC(=O)Nc2ccc(N3CCN(C(=O)c4ccccc4)CC3)cc2)c1C. The molecule has 0 bridgehead atoms. The molecule has 1 heterocycles. The maximum atomic E-state index is 12.6. The first-order chi connectivity index (χ1) is 15.5. The third-order valence-electron chi connectivity index (χ3n) is 5.93. The molecule has 0 aromatic heterocycles. The van der Waals surface area contributed by atoms with Gasteiger partial charge >= 0.3 is 6.03 Å². The fourth-order valence-corrected chi connectivity index (χ4v) is 3.86. The van der Waals surface area contributed by atoms with E-state index in [1.54, 1.807) is 0 Å². The lowest BCUT2D eigenvalue weighted by atomic mass is 10.1. The third-order valence-corrected chi connectivity index (χ3v) is 5.93. The van der Waals surface area contributed by atoms with Crippen molar-refractivity contribution < 1.29 is 9.59 Å². The molecule has 0 aliphatic carbocycles. The molecule has 0 spiro atoms. The normalized spacial score (nSPS) is 13.6. The summed E-state index contributed by atoms with van der Waals surface area (Å²) in [5.41, 5.74) is 5.55. The molecule has 3 amide bonds. The van der Waals surface area contributed by atoms with Crippen molar-refractivity contribution >= 4 is 29.0 Å². The molecule has 1 fully saturated rings. The molecule has 0 radical (unpaired) electrons. The minimum absolute atomic E-state index is 0.0830. The van der Waals surface area contributed by atoms with Gasteiger partial charge in [-0.15, -0.1) is 0 Å². The summed E-state index contributed by atoms with van der Waals surface area (Å²) in [4.78, 5) is 29.2.